The molecule has 0 saturated carbocycles. The monoisotopic (exact) mass is 324 g/mol. The van der Waals surface area contributed by atoms with Crippen LogP contribution in [0.5, 0.6) is 0 Å². The van der Waals surface area contributed by atoms with Crippen LogP contribution in [0.2, 0.25) is 0 Å². The molecule has 0 unspecified atom stereocenters. The van der Waals surface area contributed by atoms with Crippen molar-refractivity contribution in [1.29, 1.82) is 0 Å². The van der Waals surface area contributed by atoms with Crippen LogP contribution in [0.1, 0.15) is 50.9 Å². The largest absolute Gasteiger partial charge is 0.325 e. The number of carbonyl (C=O) groups is 2. The van der Waals surface area contributed by atoms with Gasteiger partial charge in [-0.25, -0.2) is 0 Å². The van der Waals surface area contributed by atoms with Crippen LogP contribution >= 0.6 is 0 Å². The second kappa shape index (κ2) is 6.07. The summed E-state index contributed by atoms with van der Waals surface area (Å²) in [7, 11) is 0. The normalized spacial score (nSPS) is 16.6. The molecule has 5 heteroatoms. The molecule has 0 aliphatic heterocycles. The van der Waals surface area contributed by atoms with E-state index in [4.69, 9.17) is 0 Å². The summed E-state index contributed by atoms with van der Waals surface area (Å²) in [5.74, 6) is -0.329. The fourth-order valence-corrected chi connectivity index (χ4v) is 3.01. The summed E-state index contributed by atoms with van der Waals surface area (Å²) in [6.07, 6.45) is 1.09. The Balaban J connectivity index is 1.93. The molecule has 1 amide bonds. The number of hydrogen-bond donors (Lipinski definition) is 2. The molecule has 0 bridgehead atoms. The molecule has 24 heavy (non-hydrogen) atoms. The molecule has 2 N–H and O–H groups in total. The summed E-state index contributed by atoms with van der Waals surface area (Å²) in [6, 6.07) is 6.98. The predicted molar refractivity (Wildman–Crippen MR) is 92.7 cm³/mol. The van der Waals surface area contributed by atoms with E-state index in [1.807, 2.05) is 32.9 Å². The average Bonchev–Trinajstić information content (AvgIpc) is 2.50. The summed E-state index contributed by atoms with van der Waals surface area (Å²) in [4.78, 5) is 39.6. The molecule has 124 valence electrons. The van der Waals surface area contributed by atoms with Crippen molar-refractivity contribution in [2.45, 2.75) is 33.6 Å². The van der Waals surface area contributed by atoms with Crippen LogP contribution < -0.4 is 10.9 Å². The van der Waals surface area contributed by atoms with E-state index in [2.05, 4.69) is 10.3 Å². The highest BCUT2D eigenvalue weighted by atomic mass is 16.2. The average molecular weight is 324 g/mol. The van der Waals surface area contributed by atoms with E-state index in [1.54, 1.807) is 6.07 Å². The van der Waals surface area contributed by atoms with Gasteiger partial charge in [-0.3, -0.25) is 14.4 Å². The fourth-order valence-electron chi connectivity index (χ4n) is 3.01. The summed E-state index contributed by atoms with van der Waals surface area (Å²) in [5.41, 5.74) is 3.40. The molecule has 1 aromatic carbocycles. The molecule has 1 aromatic heterocycles. The number of fused-ring (bicyclic) bond motifs is 1. The van der Waals surface area contributed by atoms with E-state index < -0.39 is 11.5 Å². The predicted octanol–water partition coefficient (Wildman–Crippen LogP) is 3.01. The van der Waals surface area contributed by atoms with E-state index >= 15 is 0 Å². The number of aromatic nitrogens is 1. The zero-order valence-corrected chi connectivity index (χ0v) is 14.0. The number of hydrogen-bond acceptors (Lipinski definition) is 3. The maximum Gasteiger partial charge on any atom is 0.261 e. The van der Waals surface area contributed by atoms with Crippen molar-refractivity contribution in [3.8, 4) is 0 Å². The first-order valence-corrected chi connectivity index (χ1v) is 8.03. The number of anilines is 1. The molecule has 2 aromatic rings. The highest BCUT2D eigenvalue weighted by molar-refractivity contribution is 6.06. The van der Waals surface area contributed by atoms with Crippen molar-refractivity contribution in [2.75, 3.05) is 5.32 Å². The number of aryl methyl sites for hydroxylation is 2. The maximum atomic E-state index is 12.4. The summed E-state index contributed by atoms with van der Waals surface area (Å²) < 4.78 is 0. The third kappa shape index (κ3) is 3.02. The Kier molecular flexibility index (Phi) is 4.09. The minimum Gasteiger partial charge on any atom is -0.325 e. The zero-order chi connectivity index (χ0) is 17.4. The molecule has 1 atom stereocenters. The number of aromatic amines is 1. The van der Waals surface area contributed by atoms with Gasteiger partial charge in [-0.1, -0.05) is 13.0 Å². The summed E-state index contributed by atoms with van der Waals surface area (Å²) in [5, 5.41) is 2.73. The molecule has 0 saturated heterocycles. The number of nitrogens with one attached hydrogen (secondary N) is 2. The molecule has 1 aliphatic carbocycles. The second-order valence-electron chi connectivity index (χ2n) is 6.59. The molecule has 5 nitrogen and oxygen atoms in total. The molecular weight excluding hydrogens is 304 g/mol. The van der Waals surface area contributed by atoms with Crippen LogP contribution in [0, 0.1) is 19.8 Å². The van der Waals surface area contributed by atoms with Crippen LogP contribution in [0.25, 0.3) is 0 Å². The quantitative estimate of drug-likeness (QED) is 0.891. The van der Waals surface area contributed by atoms with Gasteiger partial charge in [0.05, 0.1) is 0 Å². The van der Waals surface area contributed by atoms with Gasteiger partial charge in [-0.05, 0) is 55.5 Å². The first-order chi connectivity index (χ1) is 11.3. The highest BCUT2D eigenvalue weighted by Crippen LogP contribution is 2.23. The van der Waals surface area contributed by atoms with E-state index in [9.17, 15) is 14.4 Å². The number of pyridine rings is 1. The SMILES string of the molecule is Cc1ccc(NC(=O)c2cc3c([nH]c2=O)C[C@H](C)CC3=O)cc1C. The maximum absolute atomic E-state index is 12.4. The van der Waals surface area contributed by atoms with Crippen LogP contribution in [0.3, 0.4) is 0 Å². The highest BCUT2D eigenvalue weighted by Gasteiger charge is 2.25. The lowest BCUT2D eigenvalue weighted by Crippen LogP contribution is -2.29. The lowest BCUT2D eigenvalue weighted by molar-refractivity contribution is 0.0952. The molecule has 0 spiro atoms. The molecule has 0 radical (unpaired) electrons. The second-order valence-corrected chi connectivity index (χ2v) is 6.59. The third-order valence-corrected chi connectivity index (χ3v) is 4.52. The molecular formula is C19H20N2O3. The van der Waals surface area contributed by atoms with Gasteiger partial charge in [0, 0.05) is 23.4 Å². The van der Waals surface area contributed by atoms with Crippen LogP contribution in [-0.4, -0.2) is 16.7 Å². The van der Waals surface area contributed by atoms with Gasteiger partial charge < -0.3 is 10.3 Å². The van der Waals surface area contributed by atoms with Gasteiger partial charge in [-0.2, -0.15) is 0 Å². The van der Waals surface area contributed by atoms with Crippen LogP contribution in [0.4, 0.5) is 5.69 Å². The molecule has 1 aliphatic rings. The zero-order valence-electron chi connectivity index (χ0n) is 14.0. The number of H-pyrrole nitrogens is 1. The minimum atomic E-state index is -0.506. The minimum absolute atomic E-state index is 0.0276. The number of ketones is 1. The van der Waals surface area contributed by atoms with E-state index in [-0.39, 0.29) is 17.3 Å². The van der Waals surface area contributed by atoms with Gasteiger partial charge in [0.1, 0.15) is 5.56 Å². The van der Waals surface area contributed by atoms with Crippen molar-refractivity contribution >= 4 is 17.4 Å². The first-order valence-electron chi connectivity index (χ1n) is 8.03. The van der Waals surface area contributed by atoms with Gasteiger partial charge in [-0.15, -0.1) is 0 Å². The molecule has 1 heterocycles. The van der Waals surface area contributed by atoms with Crippen LogP contribution in [-0.2, 0) is 6.42 Å². The van der Waals surface area contributed by atoms with Crippen molar-refractivity contribution in [1.82, 2.24) is 4.98 Å². The van der Waals surface area contributed by atoms with Gasteiger partial charge in [0.2, 0.25) is 0 Å². The smallest absolute Gasteiger partial charge is 0.261 e. The van der Waals surface area contributed by atoms with Crippen LogP contribution in [0.15, 0.2) is 29.1 Å². The standard InChI is InChI=1S/C19H20N2O3/c1-10-6-16-14(17(22)7-10)9-15(19(24)21-16)18(23)20-13-5-4-11(2)12(3)8-13/h4-5,8-10H,6-7H2,1-3H3,(H,20,23)(H,21,24)/t10-/m0/s1. The number of Topliss-reactive ketones (excluding diaryl/α,β-unsaturated/α-hetero) is 1. The molecule has 3 rings (SSSR count). The van der Waals surface area contributed by atoms with E-state index in [0.717, 1.165) is 11.1 Å². The number of carbonyl (C=O) groups excluding carboxylic acids is 2. The Labute approximate surface area is 140 Å². The summed E-state index contributed by atoms with van der Waals surface area (Å²) in [6.45, 7) is 5.91. The fraction of sp³-hybridized carbons (Fsp3) is 0.316. The Morgan fingerprint density at radius 1 is 1.12 bits per heavy atom. The van der Waals surface area contributed by atoms with Crippen molar-refractivity contribution < 1.29 is 9.59 Å². The van der Waals surface area contributed by atoms with Gasteiger partial charge in [0.15, 0.2) is 5.78 Å². The van der Waals surface area contributed by atoms with E-state index in [0.29, 0.717) is 29.8 Å². The van der Waals surface area contributed by atoms with E-state index in [1.165, 1.54) is 6.07 Å². The Hall–Kier alpha value is -2.69. The molecule has 0 fully saturated rings. The summed E-state index contributed by atoms with van der Waals surface area (Å²) >= 11 is 0. The van der Waals surface area contributed by atoms with Gasteiger partial charge in [0.25, 0.3) is 11.5 Å². The number of benzene rings is 1. The van der Waals surface area contributed by atoms with Crippen molar-refractivity contribution in [2.24, 2.45) is 5.92 Å². The first kappa shape index (κ1) is 16.2. The van der Waals surface area contributed by atoms with Gasteiger partial charge >= 0.3 is 0 Å². The van der Waals surface area contributed by atoms with Crippen molar-refractivity contribution in [3.05, 3.63) is 62.6 Å². The third-order valence-electron chi connectivity index (χ3n) is 4.52. The lowest BCUT2D eigenvalue weighted by atomic mass is 9.86. The number of amides is 1. The van der Waals surface area contributed by atoms with Crippen molar-refractivity contribution in [3.63, 3.8) is 0 Å². The lowest BCUT2D eigenvalue weighted by Gasteiger charge is -2.20. The Morgan fingerprint density at radius 2 is 1.88 bits per heavy atom. The Morgan fingerprint density at radius 3 is 2.58 bits per heavy atom. The topological polar surface area (TPSA) is 79.0 Å². The Bertz CT molecular complexity index is 896. The number of rotatable bonds is 2.